The van der Waals surface area contributed by atoms with E-state index in [1.165, 1.54) is 27.6 Å². The Morgan fingerprint density at radius 2 is 1.68 bits per heavy atom. The summed E-state index contributed by atoms with van der Waals surface area (Å²) >= 11 is 0. The predicted molar refractivity (Wildman–Crippen MR) is 119 cm³/mol. The topological polar surface area (TPSA) is 84.9 Å². The molecule has 0 radical (unpaired) electrons. The number of hydrogen-bond acceptors (Lipinski definition) is 5. The lowest BCUT2D eigenvalue weighted by Crippen LogP contribution is -2.40. The van der Waals surface area contributed by atoms with Gasteiger partial charge in [0.05, 0.1) is 24.2 Å². The molecule has 3 rings (SSSR count). The number of amides is 1. The average Bonchev–Trinajstić information content (AvgIpc) is 2.75. The SMILES string of the molecule is Cc1cc(C)c([C@H](C)NC(=O)COc2ccc(S(=O)(=O)N3CCOCC3)cc2)cc1C. The highest BCUT2D eigenvalue weighted by Crippen LogP contribution is 2.22. The van der Waals surface area contributed by atoms with Gasteiger partial charge in [-0.3, -0.25) is 4.79 Å². The number of carbonyl (C=O) groups is 1. The predicted octanol–water partition coefficient (Wildman–Crippen LogP) is 2.89. The smallest absolute Gasteiger partial charge is 0.258 e. The summed E-state index contributed by atoms with van der Waals surface area (Å²) in [6.07, 6.45) is 0. The second kappa shape index (κ2) is 9.80. The number of sulfonamides is 1. The number of hydrogen-bond donors (Lipinski definition) is 1. The Hall–Kier alpha value is -2.42. The molecule has 2 aromatic rings. The van der Waals surface area contributed by atoms with Crippen LogP contribution in [0.3, 0.4) is 0 Å². The molecule has 7 nitrogen and oxygen atoms in total. The number of aryl methyl sites for hydroxylation is 3. The van der Waals surface area contributed by atoms with Crippen molar-refractivity contribution in [3.8, 4) is 5.75 Å². The third kappa shape index (κ3) is 5.64. The minimum atomic E-state index is -3.55. The van der Waals surface area contributed by atoms with Gasteiger partial charge in [-0.1, -0.05) is 12.1 Å². The van der Waals surface area contributed by atoms with Crippen LogP contribution >= 0.6 is 0 Å². The summed E-state index contributed by atoms with van der Waals surface area (Å²) in [7, 11) is -3.55. The third-order valence-corrected chi connectivity index (χ3v) is 7.44. The second-order valence-electron chi connectivity index (χ2n) is 7.86. The number of nitrogens with one attached hydrogen (secondary N) is 1. The molecule has 0 aromatic heterocycles. The maximum absolute atomic E-state index is 12.7. The van der Waals surface area contributed by atoms with Gasteiger partial charge in [0, 0.05) is 13.1 Å². The second-order valence-corrected chi connectivity index (χ2v) is 9.80. The van der Waals surface area contributed by atoms with E-state index in [4.69, 9.17) is 9.47 Å². The highest BCUT2D eigenvalue weighted by molar-refractivity contribution is 7.89. The normalized spacial score (nSPS) is 16.0. The van der Waals surface area contributed by atoms with Crippen molar-refractivity contribution in [2.75, 3.05) is 32.9 Å². The summed E-state index contributed by atoms with van der Waals surface area (Å²) < 4.78 is 37.5. The molecule has 8 heteroatoms. The summed E-state index contributed by atoms with van der Waals surface area (Å²) in [6, 6.07) is 10.2. The Balaban J connectivity index is 1.56. The number of carbonyl (C=O) groups excluding carboxylic acids is 1. The van der Waals surface area contributed by atoms with Gasteiger partial charge in [0.2, 0.25) is 10.0 Å². The Bertz CT molecular complexity index is 1030. The number of rotatable bonds is 7. The fraction of sp³-hybridized carbons (Fsp3) is 0.435. The minimum absolute atomic E-state index is 0.142. The fourth-order valence-corrected chi connectivity index (χ4v) is 5.01. The van der Waals surface area contributed by atoms with Gasteiger partial charge in [-0.25, -0.2) is 8.42 Å². The van der Waals surface area contributed by atoms with Gasteiger partial charge in [-0.05, 0) is 74.2 Å². The van der Waals surface area contributed by atoms with E-state index in [1.54, 1.807) is 12.1 Å². The zero-order valence-electron chi connectivity index (χ0n) is 18.5. The number of morpholine rings is 1. The molecule has 0 unspecified atom stereocenters. The Labute approximate surface area is 184 Å². The van der Waals surface area contributed by atoms with E-state index in [1.807, 2.05) is 13.8 Å². The van der Waals surface area contributed by atoms with Crippen molar-refractivity contribution < 1.29 is 22.7 Å². The molecule has 1 heterocycles. The highest BCUT2D eigenvalue weighted by Gasteiger charge is 2.26. The van der Waals surface area contributed by atoms with Crippen LogP contribution in [0, 0.1) is 20.8 Å². The van der Waals surface area contributed by atoms with Crippen LogP contribution in [-0.2, 0) is 19.6 Å². The first-order valence-electron chi connectivity index (χ1n) is 10.4. The first-order valence-corrected chi connectivity index (χ1v) is 11.8. The van der Waals surface area contributed by atoms with Crippen LogP contribution < -0.4 is 10.1 Å². The van der Waals surface area contributed by atoms with Crippen LogP contribution in [0.1, 0.15) is 35.2 Å². The Kier molecular flexibility index (Phi) is 7.35. The molecular weight excluding hydrogens is 416 g/mol. The largest absolute Gasteiger partial charge is 0.484 e. The monoisotopic (exact) mass is 446 g/mol. The van der Waals surface area contributed by atoms with Crippen molar-refractivity contribution in [3.05, 3.63) is 58.7 Å². The van der Waals surface area contributed by atoms with Crippen LogP contribution in [0.25, 0.3) is 0 Å². The van der Waals surface area contributed by atoms with Gasteiger partial charge in [0.15, 0.2) is 6.61 Å². The van der Waals surface area contributed by atoms with Gasteiger partial charge < -0.3 is 14.8 Å². The minimum Gasteiger partial charge on any atom is -0.484 e. The standard InChI is InChI=1S/C23H30N2O5S/c1-16-13-18(3)22(14-17(16)2)19(4)24-23(26)15-30-20-5-7-21(8-6-20)31(27,28)25-9-11-29-12-10-25/h5-8,13-14,19H,9-12,15H2,1-4H3,(H,24,26)/t19-/m0/s1. The summed E-state index contributed by atoms with van der Waals surface area (Å²) in [5, 5.41) is 2.95. The Morgan fingerprint density at radius 1 is 1.06 bits per heavy atom. The molecule has 1 fully saturated rings. The average molecular weight is 447 g/mol. The van der Waals surface area contributed by atoms with Crippen molar-refractivity contribution in [2.45, 2.75) is 38.6 Å². The highest BCUT2D eigenvalue weighted by atomic mass is 32.2. The molecule has 168 valence electrons. The van der Waals surface area contributed by atoms with Crippen molar-refractivity contribution in [1.29, 1.82) is 0 Å². The molecule has 1 aliphatic heterocycles. The molecule has 1 aliphatic rings. The quantitative estimate of drug-likeness (QED) is 0.707. The molecule has 1 N–H and O–H groups in total. The summed E-state index contributed by atoms with van der Waals surface area (Å²) in [4.78, 5) is 12.5. The van der Waals surface area contributed by atoms with E-state index in [-0.39, 0.29) is 23.5 Å². The van der Waals surface area contributed by atoms with E-state index in [9.17, 15) is 13.2 Å². The van der Waals surface area contributed by atoms with Gasteiger partial charge >= 0.3 is 0 Å². The zero-order valence-corrected chi connectivity index (χ0v) is 19.3. The summed E-state index contributed by atoms with van der Waals surface area (Å²) in [5.41, 5.74) is 4.62. The lowest BCUT2D eigenvalue weighted by Gasteiger charge is -2.26. The molecule has 1 saturated heterocycles. The number of benzene rings is 2. The number of ether oxygens (including phenoxy) is 2. The van der Waals surface area contributed by atoms with Crippen LogP contribution in [0.5, 0.6) is 5.75 Å². The molecule has 0 bridgehead atoms. The fourth-order valence-electron chi connectivity index (χ4n) is 3.60. The maximum atomic E-state index is 12.7. The van der Waals surface area contributed by atoms with E-state index in [2.05, 4.69) is 31.3 Å². The number of nitrogens with zero attached hydrogens (tertiary/aromatic N) is 1. The first-order chi connectivity index (χ1) is 14.7. The molecule has 2 aromatic carbocycles. The van der Waals surface area contributed by atoms with Crippen molar-refractivity contribution in [1.82, 2.24) is 9.62 Å². The van der Waals surface area contributed by atoms with Crippen LogP contribution in [0.15, 0.2) is 41.3 Å². The van der Waals surface area contributed by atoms with E-state index in [0.717, 1.165) is 11.1 Å². The van der Waals surface area contributed by atoms with Crippen molar-refractivity contribution >= 4 is 15.9 Å². The van der Waals surface area contributed by atoms with Gasteiger partial charge in [-0.2, -0.15) is 4.31 Å². The first kappa shape index (κ1) is 23.2. The lowest BCUT2D eigenvalue weighted by atomic mass is 9.96. The summed E-state index contributed by atoms with van der Waals surface area (Å²) in [6.45, 7) is 9.44. The molecule has 1 amide bonds. The molecular formula is C23H30N2O5S. The van der Waals surface area contributed by atoms with Crippen molar-refractivity contribution in [2.24, 2.45) is 0 Å². The molecule has 0 saturated carbocycles. The van der Waals surface area contributed by atoms with Gasteiger partial charge in [0.1, 0.15) is 5.75 Å². The maximum Gasteiger partial charge on any atom is 0.258 e. The van der Waals surface area contributed by atoms with Crippen LogP contribution in [-0.4, -0.2) is 51.5 Å². The van der Waals surface area contributed by atoms with Crippen molar-refractivity contribution in [3.63, 3.8) is 0 Å². The van der Waals surface area contributed by atoms with Gasteiger partial charge in [0.25, 0.3) is 5.91 Å². The molecule has 31 heavy (non-hydrogen) atoms. The molecule has 0 aliphatic carbocycles. The molecule has 0 spiro atoms. The van der Waals surface area contributed by atoms with E-state index in [0.29, 0.717) is 32.1 Å². The van der Waals surface area contributed by atoms with Gasteiger partial charge in [-0.15, -0.1) is 0 Å². The van der Waals surface area contributed by atoms with E-state index >= 15 is 0 Å². The van der Waals surface area contributed by atoms with E-state index < -0.39 is 10.0 Å². The lowest BCUT2D eigenvalue weighted by molar-refractivity contribution is -0.123. The zero-order chi connectivity index (χ0) is 22.6. The third-order valence-electron chi connectivity index (χ3n) is 5.53. The van der Waals surface area contributed by atoms with Crippen LogP contribution in [0.4, 0.5) is 0 Å². The molecule has 1 atom stereocenters. The Morgan fingerprint density at radius 3 is 2.32 bits per heavy atom. The van der Waals surface area contributed by atoms with Crippen LogP contribution in [0.2, 0.25) is 0 Å². The summed E-state index contributed by atoms with van der Waals surface area (Å²) in [5.74, 6) is 0.196.